The average molecular weight is 320 g/mol. The number of rotatable bonds is 8. The zero-order chi connectivity index (χ0) is 15.3. The summed E-state index contributed by atoms with van der Waals surface area (Å²) in [6.07, 6.45) is 2.82. The van der Waals surface area contributed by atoms with Crippen molar-refractivity contribution in [3.8, 4) is 0 Å². The summed E-state index contributed by atoms with van der Waals surface area (Å²) in [7, 11) is -1.74. The first-order chi connectivity index (χ1) is 9.33. The van der Waals surface area contributed by atoms with E-state index >= 15 is 0 Å². The van der Waals surface area contributed by atoms with Gasteiger partial charge in [0.15, 0.2) is 0 Å². The van der Waals surface area contributed by atoms with Crippen LogP contribution >= 0.6 is 11.8 Å². The van der Waals surface area contributed by atoms with Crippen LogP contribution in [-0.2, 0) is 16.6 Å². The van der Waals surface area contributed by atoms with Gasteiger partial charge >= 0.3 is 0 Å². The maximum Gasteiger partial charge on any atom is 0.244 e. The van der Waals surface area contributed by atoms with Crippen LogP contribution in [0.5, 0.6) is 0 Å². The van der Waals surface area contributed by atoms with Crippen LogP contribution in [0, 0.1) is 13.8 Å². The number of aryl methyl sites for hydroxylation is 2. The van der Waals surface area contributed by atoms with E-state index < -0.39 is 10.0 Å². The second kappa shape index (κ2) is 7.49. The molecule has 116 valence electrons. The van der Waals surface area contributed by atoms with Crippen LogP contribution in [0.4, 0.5) is 0 Å². The number of hydrogen-bond acceptors (Lipinski definition) is 5. The molecule has 1 rings (SSSR count). The Bertz CT molecular complexity index is 538. The van der Waals surface area contributed by atoms with Gasteiger partial charge in [0.25, 0.3) is 0 Å². The summed E-state index contributed by atoms with van der Waals surface area (Å²) >= 11 is 1.73. The van der Waals surface area contributed by atoms with Crippen LogP contribution in [0.25, 0.3) is 0 Å². The lowest BCUT2D eigenvalue weighted by atomic mass is 10.2. The van der Waals surface area contributed by atoms with E-state index in [-0.39, 0.29) is 4.90 Å². The Labute approximate surface area is 125 Å². The molecular formula is C13H24N2O3S2. The average Bonchev–Trinajstić information content (AvgIpc) is 2.64. The van der Waals surface area contributed by atoms with Gasteiger partial charge in [-0.05, 0) is 33.6 Å². The first-order valence-corrected chi connectivity index (χ1v) is 9.36. The van der Waals surface area contributed by atoms with Crippen LogP contribution in [0.15, 0.2) is 9.31 Å². The molecule has 0 radical (unpaired) electrons. The summed E-state index contributed by atoms with van der Waals surface area (Å²) in [5.41, 5.74) is 0.704. The van der Waals surface area contributed by atoms with Gasteiger partial charge in [-0.25, -0.2) is 13.1 Å². The highest BCUT2D eigenvalue weighted by Crippen LogP contribution is 2.26. The van der Waals surface area contributed by atoms with Crippen LogP contribution in [0.2, 0.25) is 0 Å². The normalized spacial score (nSPS) is 13.7. The molecule has 0 bridgehead atoms. The minimum absolute atomic E-state index is 0.279. The van der Waals surface area contributed by atoms with E-state index in [1.807, 2.05) is 6.26 Å². The smallest absolute Gasteiger partial charge is 0.244 e. The van der Waals surface area contributed by atoms with Crippen molar-refractivity contribution in [2.75, 3.05) is 19.8 Å². The number of hydrogen-bond donors (Lipinski definition) is 2. The SMILES string of the molecule is CNCc1c(C)oc(C)c1S(=O)(=O)NCCC(C)SC. The molecule has 5 nitrogen and oxygen atoms in total. The Morgan fingerprint density at radius 3 is 2.50 bits per heavy atom. The molecule has 20 heavy (non-hydrogen) atoms. The van der Waals surface area contributed by atoms with Crippen molar-refractivity contribution in [1.82, 2.24) is 10.0 Å². The van der Waals surface area contributed by atoms with Crippen molar-refractivity contribution in [2.24, 2.45) is 0 Å². The largest absolute Gasteiger partial charge is 0.465 e. The Hall–Kier alpha value is -0.500. The molecular weight excluding hydrogens is 296 g/mol. The van der Waals surface area contributed by atoms with Gasteiger partial charge in [-0.2, -0.15) is 11.8 Å². The van der Waals surface area contributed by atoms with Gasteiger partial charge in [0.2, 0.25) is 10.0 Å². The van der Waals surface area contributed by atoms with Gasteiger partial charge in [0.1, 0.15) is 16.4 Å². The molecule has 0 aromatic carbocycles. The first kappa shape index (κ1) is 17.6. The van der Waals surface area contributed by atoms with Crippen LogP contribution in [0.1, 0.15) is 30.4 Å². The zero-order valence-corrected chi connectivity index (χ0v) is 14.4. The number of sulfonamides is 1. The van der Waals surface area contributed by atoms with Gasteiger partial charge in [-0.15, -0.1) is 0 Å². The van der Waals surface area contributed by atoms with E-state index in [0.717, 1.165) is 6.42 Å². The summed E-state index contributed by atoms with van der Waals surface area (Å²) in [6.45, 7) is 6.46. The summed E-state index contributed by atoms with van der Waals surface area (Å²) < 4.78 is 33.0. The second-order valence-corrected chi connectivity index (χ2v) is 7.77. The number of thioether (sulfide) groups is 1. The standard InChI is InChI=1S/C13H24N2O3S2/c1-9(19-5)6-7-15-20(16,17)13-11(3)18-10(2)12(13)8-14-4/h9,14-15H,6-8H2,1-5H3. The summed E-state index contributed by atoms with van der Waals surface area (Å²) in [5.74, 6) is 1.09. The lowest BCUT2D eigenvalue weighted by molar-refractivity contribution is 0.493. The quantitative estimate of drug-likeness (QED) is 0.767. The van der Waals surface area contributed by atoms with E-state index in [1.165, 1.54) is 0 Å². The Morgan fingerprint density at radius 2 is 1.95 bits per heavy atom. The molecule has 0 spiro atoms. The molecule has 7 heteroatoms. The van der Waals surface area contributed by atoms with Gasteiger partial charge in [-0.3, -0.25) is 0 Å². The van der Waals surface area contributed by atoms with E-state index in [1.54, 1.807) is 32.7 Å². The fraction of sp³-hybridized carbons (Fsp3) is 0.692. The van der Waals surface area contributed by atoms with E-state index in [9.17, 15) is 8.42 Å². The Kier molecular flexibility index (Phi) is 6.57. The van der Waals surface area contributed by atoms with Gasteiger partial charge in [0.05, 0.1) is 0 Å². The minimum Gasteiger partial charge on any atom is -0.465 e. The molecule has 0 aliphatic carbocycles. The summed E-state index contributed by atoms with van der Waals surface area (Å²) in [4.78, 5) is 0.279. The van der Waals surface area contributed by atoms with Gasteiger partial charge in [0, 0.05) is 23.9 Å². The zero-order valence-electron chi connectivity index (χ0n) is 12.7. The Morgan fingerprint density at radius 1 is 1.30 bits per heavy atom. The molecule has 1 aromatic rings. The van der Waals surface area contributed by atoms with Crippen molar-refractivity contribution in [1.29, 1.82) is 0 Å². The van der Waals surface area contributed by atoms with E-state index in [0.29, 0.717) is 35.4 Å². The maximum absolute atomic E-state index is 12.4. The molecule has 1 unspecified atom stereocenters. The highest BCUT2D eigenvalue weighted by atomic mass is 32.2. The first-order valence-electron chi connectivity index (χ1n) is 6.59. The maximum atomic E-state index is 12.4. The molecule has 1 aromatic heterocycles. The minimum atomic E-state index is -3.52. The lowest BCUT2D eigenvalue weighted by Crippen LogP contribution is -2.27. The predicted octanol–water partition coefficient (Wildman–Crippen LogP) is 2.04. The third kappa shape index (κ3) is 4.25. The summed E-state index contributed by atoms with van der Waals surface area (Å²) in [5, 5.41) is 3.41. The van der Waals surface area contributed by atoms with Crippen molar-refractivity contribution >= 4 is 21.8 Å². The van der Waals surface area contributed by atoms with E-state index in [2.05, 4.69) is 17.0 Å². The third-order valence-corrected chi connectivity index (χ3v) is 5.89. The third-order valence-electron chi connectivity index (χ3n) is 3.19. The fourth-order valence-electron chi connectivity index (χ4n) is 2.03. The molecule has 2 N–H and O–H groups in total. The Balaban J connectivity index is 2.92. The molecule has 1 heterocycles. The van der Waals surface area contributed by atoms with Crippen molar-refractivity contribution < 1.29 is 12.8 Å². The second-order valence-electron chi connectivity index (χ2n) is 4.79. The highest BCUT2D eigenvalue weighted by molar-refractivity contribution is 7.99. The monoisotopic (exact) mass is 320 g/mol. The topological polar surface area (TPSA) is 71.3 Å². The molecule has 0 saturated heterocycles. The van der Waals surface area contributed by atoms with Crippen LogP contribution < -0.4 is 10.0 Å². The summed E-state index contributed by atoms with van der Waals surface area (Å²) in [6, 6.07) is 0. The molecule has 0 fully saturated rings. The molecule has 0 aliphatic rings. The lowest BCUT2D eigenvalue weighted by Gasteiger charge is -2.11. The predicted molar refractivity (Wildman–Crippen MR) is 83.7 cm³/mol. The highest BCUT2D eigenvalue weighted by Gasteiger charge is 2.26. The van der Waals surface area contributed by atoms with E-state index in [4.69, 9.17) is 4.42 Å². The molecule has 0 aliphatic heterocycles. The van der Waals surface area contributed by atoms with Crippen molar-refractivity contribution in [3.05, 3.63) is 17.1 Å². The number of nitrogens with one attached hydrogen (secondary N) is 2. The van der Waals surface area contributed by atoms with Crippen molar-refractivity contribution in [2.45, 2.75) is 43.9 Å². The van der Waals surface area contributed by atoms with Crippen LogP contribution in [0.3, 0.4) is 0 Å². The van der Waals surface area contributed by atoms with Crippen LogP contribution in [-0.4, -0.2) is 33.5 Å². The van der Waals surface area contributed by atoms with Crippen molar-refractivity contribution in [3.63, 3.8) is 0 Å². The number of furan rings is 1. The molecule has 0 saturated carbocycles. The molecule has 0 amide bonds. The van der Waals surface area contributed by atoms with Gasteiger partial charge < -0.3 is 9.73 Å². The van der Waals surface area contributed by atoms with Gasteiger partial charge in [-0.1, -0.05) is 6.92 Å². The molecule has 1 atom stereocenters. The fourth-order valence-corrected chi connectivity index (χ4v) is 3.87.